The number of rotatable bonds is 4. The van der Waals surface area contributed by atoms with Crippen molar-refractivity contribution in [2.45, 2.75) is 27.2 Å². The van der Waals surface area contributed by atoms with E-state index in [-0.39, 0.29) is 11.8 Å². The van der Waals surface area contributed by atoms with Crippen LogP contribution in [0.15, 0.2) is 42.5 Å². The Morgan fingerprint density at radius 2 is 1.90 bits per heavy atom. The Kier molecular flexibility index (Phi) is 4.84. The van der Waals surface area contributed by atoms with Crippen LogP contribution >= 0.6 is 0 Å². The van der Waals surface area contributed by atoms with E-state index in [4.69, 9.17) is 0 Å². The van der Waals surface area contributed by atoms with Gasteiger partial charge in [0.25, 0.3) is 0 Å². The van der Waals surface area contributed by atoms with Crippen molar-refractivity contribution in [2.24, 2.45) is 5.92 Å². The first-order chi connectivity index (χ1) is 13.9. The molecule has 0 spiro atoms. The number of benzene rings is 2. The largest absolute Gasteiger partial charge is 0.325 e. The average molecular weight is 390 g/mol. The van der Waals surface area contributed by atoms with Gasteiger partial charge >= 0.3 is 0 Å². The Bertz CT molecular complexity index is 1090. The Morgan fingerprint density at radius 3 is 2.62 bits per heavy atom. The monoisotopic (exact) mass is 390 g/mol. The fourth-order valence-corrected chi connectivity index (χ4v) is 3.49. The lowest BCUT2D eigenvalue weighted by atomic mass is 10.1. The Labute approximate surface area is 168 Å². The second-order valence-corrected chi connectivity index (χ2v) is 7.28. The van der Waals surface area contributed by atoms with E-state index in [1.807, 2.05) is 44.2 Å². The zero-order chi connectivity index (χ0) is 20.5. The van der Waals surface area contributed by atoms with E-state index in [9.17, 15) is 9.59 Å². The number of aryl methyl sites for hydroxylation is 3. The molecule has 0 saturated carbocycles. The van der Waals surface area contributed by atoms with Crippen LogP contribution in [0, 0.1) is 26.7 Å². The molecule has 4 rings (SSSR count). The molecule has 0 unspecified atom stereocenters. The first-order valence-corrected chi connectivity index (χ1v) is 9.49. The lowest BCUT2D eigenvalue weighted by Gasteiger charge is -2.18. The molecule has 2 aromatic carbocycles. The summed E-state index contributed by atoms with van der Waals surface area (Å²) in [6, 6.07) is 13.1. The van der Waals surface area contributed by atoms with Crippen molar-refractivity contribution in [3.05, 3.63) is 59.4 Å². The molecule has 8 nitrogen and oxygen atoms in total. The summed E-state index contributed by atoms with van der Waals surface area (Å²) in [7, 11) is 0. The highest BCUT2D eigenvalue weighted by atomic mass is 16.2. The molecule has 2 heterocycles. The van der Waals surface area contributed by atoms with Crippen LogP contribution < -0.4 is 10.2 Å². The molecule has 1 saturated heterocycles. The van der Waals surface area contributed by atoms with Gasteiger partial charge in [0.2, 0.25) is 11.8 Å². The highest BCUT2D eigenvalue weighted by molar-refractivity contribution is 6.13. The maximum absolute atomic E-state index is 12.9. The molecule has 0 bridgehead atoms. The zero-order valence-corrected chi connectivity index (χ0v) is 16.6. The molecule has 0 radical (unpaired) electrons. The second-order valence-electron chi connectivity index (χ2n) is 7.28. The minimum Gasteiger partial charge on any atom is -0.325 e. The van der Waals surface area contributed by atoms with Crippen LogP contribution in [0.25, 0.3) is 5.69 Å². The smallest absolute Gasteiger partial charge is 0.239 e. The predicted octanol–water partition coefficient (Wildman–Crippen LogP) is 2.58. The molecule has 1 N–H and O–H groups in total. The molecule has 1 aliphatic rings. The molecule has 29 heavy (non-hydrogen) atoms. The van der Waals surface area contributed by atoms with E-state index in [2.05, 4.69) is 20.8 Å². The number of aromatic nitrogens is 4. The third-order valence-electron chi connectivity index (χ3n) is 5.31. The Balaban J connectivity index is 1.49. The van der Waals surface area contributed by atoms with Gasteiger partial charge in [0.1, 0.15) is 5.92 Å². The summed E-state index contributed by atoms with van der Waals surface area (Å²) < 4.78 is 1.58. The number of carbonyl (C=O) groups excluding carboxylic acids is 2. The zero-order valence-electron chi connectivity index (χ0n) is 16.6. The van der Waals surface area contributed by atoms with Gasteiger partial charge < -0.3 is 10.2 Å². The molecule has 2 amide bonds. The lowest BCUT2D eigenvalue weighted by Crippen LogP contribution is -2.33. The molecule has 1 fully saturated rings. The molecule has 1 aliphatic heterocycles. The van der Waals surface area contributed by atoms with E-state index in [0.717, 1.165) is 16.9 Å². The van der Waals surface area contributed by atoms with Crippen molar-refractivity contribution < 1.29 is 9.59 Å². The van der Waals surface area contributed by atoms with Crippen molar-refractivity contribution in [2.75, 3.05) is 16.8 Å². The van der Waals surface area contributed by atoms with Crippen LogP contribution in [0.2, 0.25) is 0 Å². The van der Waals surface area contributed by atoms with Crippen molar-refractivity contribution in [3.63, 3.8) is 0 Å². The van der Waals surface area contributed by atoms with Crippen LogP contribution in [0.4, 0.5) is 11.4 Å². The molecule has 148 valence electrons. The van der Waals surface area contributed by atoms with Gasteiger partial charge in [0.05, 0.1) is 5.69 Å². The fourth-order valence-electron chi connectivity index (χ4n) is 3.49. The molecule has 3 aromatic rings. The van der Waals surface area contributed by atoms with Crippen molar-refractivity contribution in [1.82, 2.24) is 20.2 Å². The maximum atomic E-state index is 12.9. The average Bonchev–Trinajstić information content (AvgIpc) is 3.30. The molecule has 8 heteroatoms. The van der Waals surface area contributed by atoms with Crippen LogP contribution in [0.3, 0.4) is 0 Å². The van der Waals surface area contributed by atoms with Crippen molar-refractivity contribution >= 4 is 23.2 Å². The number of nitrogens with one attached hydrogen (secondary N) is 1. The second kappa shape index (κ2) is 7.46. The van der Waals surface area contributed by atoms with Gasteiger partial charge in [-0.15, -0.1) is 5.10 Å². The normalized spacial score (nSPS) is 16.3. The Morgan fingerprint density at radius 1 is 1.07 bits per heavy atom. The number of amides is 2. The van der Waals surface area contributed by atoms with E-state index >= 15 is 0 Å². The Hall–Kier alpha value is -3.55. The lowest BCUT2D eigenvalue weighted by molar-refractivity contribution is -0.129. The molecule has 1 atom stereocenters. The molecular formula is C21H22N6O2. The summed E-state index contributed by atoms with van der Waals surface area (Å²) in [4.78, 5) is 27.3. The summed E-state index contributed by atoms with van der Waals surface area (Å²) in [5, 5.41) is 14.3. The van der Waals surface area contributed by atoms with Gasteiger partial charge in [0, 0.05) is 17.9 Å². The molecule has 0 aliphatic carbocycles. The number of tetrazole rings is 1. The van der Waals surface area contributed by atoms with Crippen LogP contribution in [-0.2, 0) is 9.59 Å². The fraction of sp³-hybridized carbons (Fsp3) is 0.286. The van der Waals surface area contributed by atoms with Crippen molar-refractivity contribution in [1.29, 1.82) is 0 Å². The minimum absolute atomic E-state index is 0.168. The van der Waals surface area contributed by atoms with Gasteiger partial charge in [-0.05, 0) is 79.1 Å². The van der Waals surface area contributed by atoms with E-state index < -0.39 is 5.92 Å². The standard InChI is InChI=1S/C21H22N6O2/c1-13-7-8-17(11-14(13)2)26-10-9-19(21(26)29)20(28)22-16-5-4-6-18(12-16)27-15(3)23-24-25-27/h4-8,11-12,19H,9-10H2,1-3H3,(H,22,28)/t19-/m0/s1. The summed E-state index contributed by atoms with van der Waals surface area (Å²) in [5.74, 6) is -0.524. The quantitative estimate of drug-likeness (QED) is 0.691. The topological polar surface area (TPSA) is 93.0 Å². The predicted molar refractivity (Wildman–Crippen MR) is 109 cm³/mol. The summed E-state index contributed by atoms with van der Waals surface area (Å²) in [6.45, 7) is 6.38. The van der Waals surface area contributed by atoms with E-state index in [0.29, 0.717) is 24.5 Å². The highest BCUT2D eigenvalue weighted by Gasteiger charge is 2.37. The summed E-state index contributed by atoms with van der Waals surface area (Å²) >= 11 is 0. The van der Waals surface area contributed by atoms with Gasteiger partial charge in [-0.1, -0.05) is 12.1 Å². The summed E-state index contributed by atoms with van der Waals surface area (Å²) in [6.07, 6.45) is 0.489. The molecule has 1 aromatic heterocycles. The van der Waals surface area contributed by atoms with Gasteiger partial charge in [-0.25, -0.2) is 0 Å². The number of anilines is 2. The van der Waals surface area contributed by atoms with Gasteiger partial charge in [-0.3, -0.25) is 9.59 Å². The van der Waals surface area contributed by atoms with Crippen LogP contribution in [0.1, 0.15) is 23.4 Å². The number of hydrogen-bond donors (Lipinski definition) is 1. The third-order valence-corrected chi connectivity index (χ3v) is 5.31. The SMILES string of the molecule is Cc1ccc(N2CC[C@@H](C(=O)Nc3cccc(-n4nnnc4C)c3)C2=O)cc1C. The molecular weight excluding hydrogens is 368 g/mol. The van der Waals surface area contributed by atoms with Gasteiger partial charge in [0.15, 0.2) is 5.82 Å². The number of nitrogens with zero attached hydrogens (tertiary/aromatic N) is 5. The van der Waals surface area contributed by atoms with E-state index in [1.54, 1.807) is 28.6 Å². The third kappa shape index (κ3) is 3.61. The van der Waals surface area contributed by atoms with E-state index in [1.165, 1.54) is 5.56 Å². The number of carbonyl (C=O) groups is 2. The first-order valence-electron chi connectivity index (χ1n) is 9.49. The number of hydrogen-bond acceptors (Lipinski definition) is 5. The minimum atomic E-state index is -0.699. The maximum Gasteiger partial charge on any atom is 0.239 e. The van der Waals surface area contributed by atoms with Gasteiger partial charge in [-0.2, -0.15) is 4.68 Å². The van der Waals surface area contributed by atoms with Crippen LogP contribution in [0.5, 0.6) is 0 Å². The van der Waals surface area contributed by atoms with Crippen LogP contribution in [-0.4, -0.2) is 38.6 Å². The first kappa shape index (κ1) is 18.8. The highest BCUT2D eigenvalue weighted by Crippen LogP contribution is 2.28. The summed E-state index contributed by atoms with van der Waals surface area (Å²) in [5.41, 5.74) is 4.47. The van der Waals surface area contributed by atoms with Crippen molar-refractivity contribution in [3.8, 4) is 5.69 Å².